The smallest absolute Gasteiger partial charge is 0.181 e. The minimum absolute atomic E-state index is 0.111. The Hall–Kier alpha value is -1.20. The monoisotopic (exact) mass is 354 g/mol. The van der Waals surface area contributed by atoms with Crippen LogP contribution in [-0.2, 0) is 21.1 Å². The van der Waals surface area contributed by atoms with Gasteiger partial charge in [-0.1, -0.05) is 6.07 Å². The highest BCUT2D eigenvalue weighted by Crippen LogP contribution is 2.33. The standard InChI is InChI=1S/C17H19ClO4S/c1-10-5-6-11-9-12(7-8-15(11)23(10,21)22)17(20)16-13(18)3-2-4-14(16)19/h7-10,13,16H,2-6H2,1H3. The minimum atomic E-state index is -3.31. The largest absolute Gasteiger partial charge is 0.299 e. The van der Waals surface area contributed by atoms with Gasteiger partial charge in [0.05, 0.1) is 21.4 Å². The summed E-state index contributed by atoms with van der Waals surface area (Å²) in [5, 5.41) is -0.868. The maximum atomic E-state index is 12.7. The molecule has 3 unspecified atom stereocenters. The number of benzene rings is 1. The van der Waals surface area contributed by atoms with E-state index in [0.717, 1.165) is 6.42 Å². The van der Waals surface area contributed by atoms with Crippen LogP contribution in [0.1, 0.15) is 48.5 Å². The number of ketones is 2. The highest BCUT2D eigenvalue weighted by Gasteiger charge is 2.37. The van der Waals surface area contributed by atoms with Crippen molar-refractivity contribution in [1.29, 1.82) is 0 Å². The summed E-state index contributed by atoms with van der Waals surface area (Å²) in [5.41, 5.74) is 1.06. The van der Waals surface area contributed by atoms with Crippen molar-refractivity contribution < 1.29 is 18.0 Å². The van der Waals surface area contributed by atoms with Crippen molar-refractivity contribution in [2.75, 3.05) is 0 Å². The molecule has 1 heterocycles. The number of fused-ring (bicyclic) bond motifs is 1. The molecule has 1 aromatic carbocycles. The molecule has 0 aromatic heterocycles. The van der Waals surface area contributed by atoms with E-state index in [2.05, 4.69) is 0 Å². The molecular weight excluding hydrogens is 336 g/mol. The first kappa shape index (κ1) is 16.7. The van der Waals surface area contributed by atoms with Crippen molar-refractivity contribution in [1.82, 2.24) is 0 Å². The number of hydrogen-bond acceptors (Lipinski definition) is 4. The van der Waals surface area contributed by atoms with E-state index in [0.29, 0.717) is 41.7 Å². The van der Waals surface area contributed by atoms with Crippen molar-refractivity contribution in [2.24, 2.45) is 5.92 Å². The third kappa shape index (κ3) is 2.85. The zero-order chi connectivity index (χ0) is 16.8. The van der Waals surface area contributed by atoms with Gasteiger partial charge in [-0.2, -0.15) is 0 Å². The average molecular weight is 355 g/mol. The van der Waals surface area contributed by atoms with Gasteiger partial charge in [0.2, 0.25) is 0 Å². The first-order valence-electron chi connectivity index (χ1n) is 7.90. The number of halogens is 1. The number of alkyl halides is 1. The molecule has 124 valence electrons. The maximum absolute atomic E-state index is 12.7. The second-order valence-electron chi connectivity index (χ2n) is 6.43. The van der Waals surface area contributed by atoms with E-state index in [1.54, 1.807) is 13.0 Å². The highest BCUT2D eigenvalue weighted by atomic mass is 35.5. The predicted octanol–water partition coefficient (Wildman–Crippen LogP) is 2.95. The van der Waals surface area contributed by atoms with Crippen LogP contribution in [0.5, 0.6) is 0 Å². The van der Waals surface area contributed by atoms with Crippen LogP contribution >= 0.6 is 11.6 Å². The van der Waals surface area contributed by atoms with Gasteiger partial charge in [-0.15, -0.1) is 11.6 Å². The first-order chi connectivity index (χ1) is 10.8. The molecule has 6 heteroatoms. The SMILES string of the molecule is CC1CCc2cc(C(=O)C3C(=O)CCCC3Cl)ccc2S1(=O)=O. The Kier molecular flexibility index (Phi) is 4.36. The predicted molar refractivity (Wildman–Crippen MR) is 87.7 cm³/mol. The molecule has 0 bridgehead atoms. The molecule has 0 radical (unpaired) electrons. The highest BCUT2D eigenvalue weighted by molar-refractivity contribution is 7.92. The lowest BCUT2D eigenvalue weighted by atomic mass is 9.82. The zero-order valence-electron chi connectivity index (χ0n) is 12.9. The molecule has 3 atom stereocenters. The summed E-state index contributed by atoms with van der Waals surface area (Å²) in [7, 11) is -3.31. The topological polar surface area (TPSA) is 68.3 Å². The fourth-order valence-electron chi connectivity index (χ4n) is 3.42. The van der Waals surface area contributed by atoms with Crippen molar-refractivity contribution in [3.05, 3.63) is 29.3 Å². The number of Topliss-reactive ketones (excluding diaryl/α,β-unsaturated/α-hetero) is 2. The summed E-state index contributed by atoms with van der Waals surface area (Å²) < 4.78 is 24.7. The fraction of sp³-hybridized carbons (Fsp3) is 0.529. The van der Waals surface area contributed by atoms with E-state index >= 15 is 0 Å². The lowest BCUT2D eigenvalue weighted by molar-refractivity contribution is -0.122. The van der Waals surface area contributed by atoms with Gasteiger partial charge in [0.15, 0.2) is 15.6 Å². The summed E-state index contributed by atoms with van der Waals surface area (Å²) in [4.78, 5) is 25.0. The summed E-state index contributed by atoms with van der Waals surface area (Å²) in [5.74, 6) is -1.20. The van der Waals surface area contributed by atoms with E-state index in [1.807, 2.05) is 0 Å². The van der Waals surface area contributed by atoms with Crippen molar-refractivity contribution in [3.63, 3.8) is 0 Å². The Morgan fingerprint density at radius 2 is 1.96 bits per heavy atom. The molecule has 2 aliphatic rings. The van der Waals surface area contributed by atoms with E-state index < -0.39 is 26.4 Å². The van der Waals surface area contributed by atoms with Gasteiger partial charge in [0, 0.05) is 12.0 Å². The number of aryl methyl sites for hydroxylation is 1. The summed E-state index contributed by atoms with van der Waals surface area (Å²) in [6.07, 6.45) is 2.93. The molecule has 3 rings (SSSR count). The van der Waals surface area contributed by atoms with Crippen LogP contribution in [0.2, 0.25) is 0 Å². The number of sulfone groups is 1. The van der Waals surface area contributed by atoms with Crippen LogP contribution in [0.3, 0.4) is 0 Å². The van der Waals surface area contributed by atoms with Crippen molar-refractivity contribution in [2.45, 2.75) is 54.6 Å². The van der Waals surface area contributed by atoms with Crippen LogP contribution in [0.4, 0.5) is 0 Å². The Morgan fingerprint density at radius 3 is 2.65 bits per heavy atom. The van der Waals surface area contributed by atoms with Crippen LogP contribution in [-0.4, -0.2) is 30.6 Å². The number of hydrogen-bond donors (Lipinski definition) is 0. The second-order valence-corrected chi connectivity index (χ2v) is 9.33. The van der Waals surface area contributed by atoms with Crippen LogP contribution in [0.25, 0.3) is 0 Å². The second kappa shape index (κ2) is 6.02. The maximum Gasteiger partial charge on any atom is 0.181 e. The van der Waals surface area contributed by atoms with Gasteiger partial charge < -0.3 is 0 Å². The lowest BCUT2D eigenvalue weighted by Gasteiger charge is -2.26. The first-order valence-corrected chi connectivity index (χ1v) is 9.88. The summed E-state index contributed by atoms with van der Waals surface area (Å²) in [6.45, 7) is 1.70. The van der Waals surface area contributed by atoms with Crippen molar-refractivity contribution in [3.8, 4) is 0 Å². The molecule has 0 spiro atoms. The Labute approximate surface area is 141 Å². The van der Waals surface area contributed by atoms with Crippen LogP contribution in [0.15, 0.2) is 23.1 Å². The van der Waals surface area contributed by atoms with Crippen molar-refractivity contribution >= 4 is 33.0 Å². The van der Waals surface area contributed by atoms with Gasteiger partial charge in [0.25, 0.3) is 0 Å². The molecule has 1 aromatic rings. The third-order valence-electron chi connectivity index (χ3n) is 4.90. The van der Waals surface area contributed by atoms with E-state index in [9.17, 15) is 18.0 Å². The molecule has 0 saturated heterocycles. The van der Waals surface area contributed by atoms with Gasteiger partial charge in [-0.3, -0.25) is 9.59 Å². The molecule has 1 aliphatic heterocycles. The Balaban J connectivity index is 1.96. The zero-order valence-corrected chi connectivity index (χ0v) is 14.5. The molecule has 1 saturated carbocycles. The molecular formula is C17H19ClO4S. The van der Waals surface area contributed by atoms with E-state index in [-0.39, 0.29) is 11.6 Å². The normalized spacial score (nSPS) is 29.8. The van der Waals surface area contributed by atoms with Gasteiger partial charge >= 0.3 is 0 Å². The number of rotatable bonds is 2. The van der Waals surface area contributed by atoms with E-state index in [4.69, 9.17) is 11.6 Å². The summed E-state index contributed by atoms with van der Waals surface area (Å²) in [6, 6.07) is 4.65. The van der Waals surface area contributed by atoms with E-state index in [1.165, 1.54) is 12.1 Å². The fourth-order valence-corrected chi connectivity index (χ4v) is 5.48. The Bertz CT molecular complexity index is 769. The van der Waals surface area contributed by atoms with Gasteiger partial charge in [0.1, 0.15) is 5.78 Å². The summed E-state index contributed by atoms with van der Waals surface area (Å²) >= 11 is 6.19. The third-order valence-corrected chi connectivity index (χ3v) is 7.67. The molecule has 23 heavy (non-hydrogen) atoms. The lowest BCUT2D eigenvalue weighted by Crippen LogP contribution is -2.36. The number of carbonyl (C=O) groups is 2. The molecule has 4 nitrogen and oxygen atoms in total. The Morgan fingerprint density at radius 1 is 1.22 bits per heavy atom. The minimum Gasteiger partial charge on any atom is -0.299 e. The van der Waals surface area contributed by atoms with Crippen LogP contribution in [0, 0.1) is 5.92 Å². The molecule has 0 amide bonds. The molecule has 1 aliphatic carbocycles. The number of carbonyl (C=O) groups excluding carboxylic acids is 2. The quantitative estimate of drug-likeness (QED) is 0.465. The molecule has 1 fully saturated rings. The van der Waals surface area contributed by atoms with Crippen LogP contribution < -0.4 is 0 Å². The van der Waals surface area contributed by atoms with Gasteiger partial charge in [-0.25, -0.2) is 8.42 Å². The van der Waals surface area contributed by atoms with Gasteiger partial charge in [-0.05, 0) is 50.3 Å². The molecule has 0 N–H and O–H groups in total. The average Bonchev–Trinajstić information content (AvgIpc) is 2.50.